The number of aromatic nitrogens is 1. The molecule has 1 fully saturated rings. The summed E-state index contributed by atoms with van der Waals surface area (Å²) >= 11 is 0. The van der Waals surface area contributed by atoms with E-state index in [0.29, 0.717) is 13.2 Å². The largest absolute Gasteiger partial charge is 0.489 e. The number of hydrogen-bond donors (Lipinski definition) is 1. The third-order valence-electron chi connectivity index (χ3n) is 3.32. The molecule has 1 aliphatic rings. The normalized spacial score (nSPS) is 19.4. The van der Waals surface area contributed by atoms with E-state index in [-0.39, 0.29) is 12.1 Å². The molecule has 1 aliphatic heterocycles. The second-order valence-electron chi connectivity index (χ2n) is 5.50. The SMILES string of the molecule is CC(C)OCCOc1cncc(N2CCCC(N)C2)c1. The number of piperidine rings is 1. The van der Waals surface area contributed by atoms with Gasteiger partial charge in [-0.15, -0.1) is 0 Å². The molecule has 1 aromatic heterocycles. The Balaban J connectivity index is 1.87. The van der Waals surface area contributed by atoms with Crippen LogP contribution in [0.2, 0.25) is 0 Å². The molecule has 112 valence electrons. The van der Waals surface area contributed by atoms with Gasteiger partial charge in [-0.3, -0.25) is 4.98 Å². The van der Waals surface area contributed by atoms with Gasteiger partial charge >= 0.3 is 0 Å². The van der Waals surface area contributed by atoms with E-state index in [4.69, 9.17) is 15.2 Å². The van der Waals surface area contributed by atoms with Crippen molar-refractivity contribution in [2.24, 2.45) is 5.73 Å². The molecule has 1 aromatic rings. The molecule has 0 radical (unpaired) electrons. The van der Waals surface area contributed by atoms with Gasteiger partial charge < -0.3 is 20.1 Å². The van der Waals surface area contributed by atoms with Crippen LogP contribution in [0.25, 0.3) is 0 Å². The molecular weight excluding hydrogens is 254 g/mol. The number of rotatable bonds is 6. The van der Waals surface area contributed by atoms with Crippen molar-refractivity contribution in [2.75, 3.05) is 31.2 Å². The van der Waals surface area contributed by atoms with Gasteiger partial charge in [-0.1, -0.05) is 0 Å². The van der Waals surface area contributed by atoms with E-state index in [2.05, 4.69) is 9.88 Å². The Labute approximate surface area is 121 Å². The van der Waals surface area contributed by atoms with E-state index in [1.165, 1.54) is 0 Å². The van der Waals surface area contributed by atoms with Crippen molar-refractivity contribution in [1.82, 2.24) is 4.98 Å². The molecule has 5 nitrogen and oxygen atoms in total. The first-order valence-corrected chi connectivity index (χ1v) is 7.35. The van der Waals surface area contributed by atoms with Crippen LogP contribution >= 0.6 is 0 Å². The lowest BCUT2D eigenvalue weighted by molar-refractivity contribution is 0.0552. The average Bonchev–Trinajstić information content (AvgIpc) is 2.44. The van der Waals surface area contributed by atoms with Crippen LogP contribution in [0, 0.1) is 0 Å². The zero-order valence-corrected chi connectivity index (χ0v) is 12.4. The number of ether oxygens (including phenoxy) is 2. The molecule has 20 heavy (non-hydrogen) atoms. The highest BCUT2D eigenvalue weighted by molar-refractivity contribution is 5.48. The minimum absolute atomic E-state index is 0.234. The fraction of sp³-hybridized carbons (Fsp3) is 0.667. The monoisotopic (exact) mass is 279 g/mol. The van der Waals surface area contributed by atoms with Gasteiger partial charge in [0.2, 0.25) is 0 Å². The number of nitrogens with two attached hydrogens (primary N) is 1. The first kappa shape index (κ1) is 15.1. The van der Waals surface area contributed by atoms with Gasteiger partial charge in [0.1, 0.15) is 12.4 Å². The van der Waals surface area contributed by atoms with E-state index >= 15 is 0 Å². The standard InChI is InChI=1S/C15H25N3O2/c1-12(2)19-6-7-20-15-8-14(9-17-10-15)18-5-3-4-13(16)11-18/h8-10,12-13H,3-7,11,16H2,1-2H3. The molecule has 0 spiro atoms. The summed E-state index contributed by atoms with van der Waals surface area (Å²) in [5, 5.41) is 0. The number of anilines is 1. The van der Waals surface area contributed by atoms with Crippen molar-refractivity contribution >= 4 is 5.69 Å². The Morgan fingerprint density at radius 3 is 3.00 bits per heavy atom. The summed E-state index contributed by atoms with van der Waals surface area (Å²) in [6.07, 6.45) is 6.08. The second kappa shape index (κ2) is 7.45. The van der Waals surface area contributed by atoms with Crippen molar-refractivity contribution < 1.29 is 9.47 Å². The van der Waals surface area contributed by atoms with Crippen LogP contribution in [0.1, 0.15) is 26.7 Å². The summed E-state index contributed by atoms with van der Waals surface area (Å²) in [5.41, 5.74) is 7.10. The third kappa shape index (κ3) is 4.65. The highest BCUT2D eigenvalue weighted by Gasteiger charge is 2.17. The molecule has 0 bridgehead atoms. The lowest BCUT2D eigenvalue weighted by Crippen LogP contribution is -2.42. The smallest absolute Gasteiger partial charge is 0.139 e. The maximum absolute atomic E-state index is 6.02. The van der Waals surface area contributed by atoms with Gasteiger partial charge in [0.05, 0.1) is 30.8 Å². The minimum atomic E-state index is 0.234. The second-order valence-corrected chi connectivity index (χ2v) is 5.50. The predicted octanol–water partition coefficient (Wildman–Crippen LogP) is 1.81. The van der Waals surface area contributed by atoms with E-state index in [0.717, 1.165) is 37.4 Å². The molecule has 2 rings (SSSR count). The summed E-state index contributed by atoms with van der Waals surface area (Å²) in [4.78, 5) is 6.53. The van der Waals surface area contributed by atoms with Crippen LogP contribution < -0.4 is 15.4 Å². The first-order chi connectivity index (χ1) is 9.65. The lowest BCUT2D eigenvalue weighted by atomic mass is 10.1. The Bertz CT molecular complexity index is 412. The fourth-order valence-corrected chi connectivity index (χ4v) is 2.35. The molecule has 0 aliphatic carbocycles. The van der Waals surface area contributed by atoms with Crippen molar-refractivity contribution in [3.8, 4) is 5.75 Å². The molecular formula is C15H25N3O2. The Kier molecular flexibility index (Phi) is 5.61. The maximum Gasteiger partial charge on any atom is 0.139 e. The van der Waals surface area contributed by atoms with E-state index in [9.17, 15) is 0 Å². The highest BCUT2D eigenvalue weighted by atomic mass is 16.5. The van der Waals surface area contributed by atoms with Gasteiger partial charge in [0, 0.05) is 25.2 Å². The van der Waals surface area contributed by atoms with Crippen molar-refractivity contribution in [1.29, 1.82) is 0 Å². The van der Waals surface area contributed by atoms with Crippen molar-refractivity contribution in [3.63, 3.8) is 0 Å². The van der Waals surface area contributed by atoms with E-state index in [1.54, 1.807) is 6.20 Å². The van der Waals surface area contributed by atoms with Crippen LogP contribution in [0.15, 0.2) is 18.5 Å². The summed E-state index contributed by atoms with van der Waals surface area (Å²) in [7, 11) is 0. The zero-order chi connectivity index (χ0) is 14.4. The number of hydrogen-bond acceptors (Lipinski definition) is 5. The molecule has 1 saturated heterocycles. The number of nitrogens with zero attached hydrogens (tertiary/aromatic N) is 2. The van der Waals surface area contributed by atoms with Gasteiger partial charge in [0.25, 0.3) is 0 Å². The Morgan fingerprint density at radius 1 is 1.40 bits per heavy atom. The lowest BCUT2D eigenvalue weighted by Gasteiger charge is -2.32. The van der Waals surface area contributed by atoms with Crippen molar-refractivity contribution in [3.05, 3.63) is 18.5 Å². The van der Waals surface area contributed by atoms with Gasteiger partial charge in [-0.2, -0.15) is 0 Å². The summed E-state index contributed by atoms with van der Waals surface area (Å²) in [6, 6.07) is 2.29. The Hall–Kier alpha value is -1.33. The highest BCUT2D eigenvalue weighted by Crippen LogP contribution is 2.22. The molecule has 0 aromatic carbocycles. The predicted molar refractivity (Wildman–Crippen MR) is 80.2 cm³/mol. The van der Waals surface area contributed by atoms with E-state index < -0.39 is 0 Å². The Morgan fingerprint density at radius 2 is 2.25 bits per heavy atom. The molecule has 2 heterocycles. The summed E-state index contributed by atoms with van der Waals surface area (Å²) in [5.74, 6) is 0.786. The molecule has 1 atom stereocenters. The molecule has 0 amide bonds. The fourth-order valence-electron chi connectivity index (χ4n) is 2.35. The topological polar surface area (TPSA) is 60.6 Å². The van der Waals surface area contributed by atoms with Crippen molar-refractivity contribution in [2.45, 2.75) is 38.8 Å². The maximum atomic E-state index is 6.02. The quantitative estimate of drug-likeness (QED) is 0.805. The molecule has 5 heteroatoms. The van der Waals surface area contributed by atoms with Crippen LogP contribution in [-0.4, -0.2) is 43.4 Å². The minimum Gasteiger partial charge on any atom is -0.489 e. The third-order valence-corrected chi connectivity index (χ3v) is 3.32. The average molecular weight is 279 g/mol. The molecule has 2 N–H and O–H groups in total. The van der Waals surface area contributed by atoms with E-state index in [1.807, 2.05) is 26.1 Å². The summed E-state index contributed by atoms with van der Waals surface area (Å²) in [6.45, 7) is 7.10. The van der Waals surface area contributed by atoms with Gasteiger partial charge in [0.15, 0.2) is 0 Å². The van der Waals surface area contributed by atoms with Crippen LogP contribution in [-0.2, 0) is 4.74 Å². The van der Waals surface area contributed by atoms with Crippen LogP contribution in [0.4, 0.5) is 5.69 Å². The van der Waals surface area contributed by atoms with Crippen LogP contribution in [0.5, 0.6) is 5.75 Å². The summed E-state index contributed by atoms with van der Waals surface area (Å²) < 4.78 is 11.1. The first-order valence-electron chi connectivity index (χ1n) is 7.35. The van der Waals surface area contributed by atoms with Gasteiger partial charge in [-0.05, 0) is 26.7 Å². The molecule has 0 saturated carbocycles. The zero-order valence-electron chi connectivity index (χ0n) is 12.4. The van der Waals surface area contributed by atoms with Crippen LogP contribution in [0.3, 0.4) is 0 Å². The molecule has 1 unspecified atom stereocenters. The van der Waals surface area contributed by atoms with Gasteiger partial charge in [-0.25, -0.2) is 0 Å². The number of pyridine rings is 1.